The highest BCUT2D eigenvalue weighted by atomic mass is 14.9. The Morgan fingerprint density at radius 1 is 1.27 bits per heavy atom. The summed E-state index contributed by atoms with van der Waals surface area (Å²) in [4.78, 5) is 0. The van der Waals surface area contributed by atoms with Crippen LogP contribution in [0.15, 0.2) is 24.3 Å². The highest BCUT2D eigenvalue weighted by Crippen LogP contribution is 2.29. The Morgan fingerprint density at radius 3 is 2.82 bits per heavy atom. The maximum Gasteiger partial charge on any atom is 0.0432 e. The molecule has 1 radical (unpaired) electrons. The second-order valence-corrected chi connectivity index (χ2v) is 2.58. The Labute approximate surface area is 66.7 Å². The quantitative estimate of drug-likeness (QED) is 0.671. The van der Waals surface area contributed by atoms with Crippen LogP contribution in [0.2, 0.25) is 0 Å². The van der Waals surface area contributed by atoms with Gasteiger partial charge in [-0.15, -0.1) is 0 Å². The fourth-order valence-electron chi connectivity index (χ4n) is 1.30. The van der Waals surface area contributed by atoms with Crippen LogP contribution in [0.5, 0.6) is 0 Å². The number of hydrogen-bond acceptors (Lipinski definition) is 1. The third-order valence-electron chi connectivity index (χ3n) is 1.85. The van der Waals surface area contributed by atoms with Gasteiger partial charge in [0.15, 0.2) is 0 Å². The van der Waals surface area contributed by atoms with Crippen molar-refractivity contribution in [2.45, 2.75) is 6.92 Å². The van der Waals surface area contributed by atoms with Crippen molar-refractivity contribution in [2.75, 3.05) is 0 Å². The zero-order valence-electron chi connectivity index (χ0n) is 6.46. The van der Waals surface area contributed by atoms with Gasteiger partial charge in [-0.1, -0.05) is 24.3 Å². The molecule has 1 aromatic rings. The van der Waals surface area contributed by atoms with E-state index in [1.54, 1.807) is 0 Å². The maximum absolute atomic E-state index is 3.17. The molecule has 0 heterocycles. The molecule has 11 heavy (non-hydrogen) atoms. The zero-order chi connectivity index (χ0) is 7.68. The Bertz CT molecular complexity index is 299. The van der Waals surface area contributed by atoms with Crippen LogP contribution in [0.4, 0.5) is 0 Å². The van der Waals surface area contributed by atoms with Crippen LogP contribution in [0.25, 0.3) is 11.8 Å². The van der Waals surface area contributed by atoms with Gasteiger partial charge in [-0.3, -0.25) is 0 Å². The minimum atomic E-state index is 1.23. The van der Waals surface area contributed by atoms with E-state index in [1.165, 1.54) is 16.8 Å². The van der Waals surface area contributed by atoms with E-state index in [2.05, 4.69) is 35.7 Å². The largest absolute Gasteiger partial charge is 0.380 e. The van der Waals surface area contributed by atoms with E-state index >= 15 is 0 Å². The molecule has 2 rings (SSSR count). The first kappa shape index (κ1) is 6.47. The van der Waals surface area contributed by atoms with Gasteiger partial charge in [0.05, 0.1) is 0 Å². The average molecular weight is 144 g/mol. The van der Waals surface area contributed by atoms with Crippen LogP contribution in [0.1, 0.15) is 18.1 Å². The van der Waals surface area contributed by atoms with E-state index in [0.717, 1.165) is 0 Å². The van der Waals surface area contributed by atoms with Crippen molar-refractivity contribution in [1.82, 2.24) is 5.32 Å². The molecule has 1 nitrogen and oxygen atoms in total. The molecule has 0 aromatic heterocycles. The fourth-order valence-corrected chi connectivity index (χ4v) is 1.30. The van der Waals surface area contributed by atoms with Gasteiger partial charge in [-0.2, -0.15) is 0 Å². The van der Waals surface area contributed by atoms with E-state index in [9.17, 15) is 0 Å². The zero-order valence-corrected chi connectivity index (χ0v) is 6.46. The standard InChI is InChI=1S/C10H10N/c1-2-11-10-7-8-5-3-4-6-9(8)10/h2-7,11H,1H3. The second kappa shape index (κ2) is 2.42. The summed E-state index contributed by atoms with van der Waals surface area (Å²) in [7, 11) is 0. The monoisotopic (exact) mass is 144 g/mol. The lowest BCUT2D eigenvalue weighted by atomic mass is 9.94. The molecular weight excluding hydrogens is 134 g/mol. The molecule has 1 aromatic carbocycles. The third kappa shape index (κ3) is 0.929. The summed E-state index contributed by atoms with van der Waals surface area (Å²) in [6, 6.07) is 8.36. The van der Waals surface area contributed by atoms with Crippen molar-refractivity contribution >= 4 is 11.8 Å². The summed E-state index contributed by atoms with van der Waals surface area (Å²) in [5.41, 5.74) is 3.88. The molecule has 0 fully saturated rings. The van der Waals surface area contributed by atoms with Crippen LogP contribution < -0.4 is 5.32 Å². The van der Waals surface area contributed by atoms with E-state index in [0.29, 0.717) is 0 Å². The van der Waals surface area contributed by atoms with E-state index in [-0.39, 0.29) is 0 Å². The highest BCUT2D eigenvalue weighted by molar-refractivity contribution is 5.94. The summed E-state index contributed by atoms with van der Waals surface area (Å²) in [5, 5.41) is 3.17. The van der Waals surface area contributed by atoms with Gasteiger partial charge in [0.2, 0.25) is 0 Å². The first-order valence-electron chi connectivity index (χ1n) is 3.77. The Kier molecular flexibility index (Phi) is 1.42. The fraction of sp³-hybridized carbons (Fsp3) is 0.100. The SMILES string of the molecule is C[CH]NC1=Cc2ccccc21. The lowest BCUT2D eigenvalue weighted by Gasteiger charge is -2.19. The highest BCUT2D eigenvalue weighted by Gasteiger charge is 2.12. The molecule has 0 atom stereocenters. The van der Waals surface area contributed by atoms with Gasteiger partial charge < -0.3 is 5.32 Å². The van der Waals surface area contributed by atoms with Crippen molar-refractivity contribution in [1.29, 1.82) is 0 Å². The van der Waals surface area contributed by atoms with E-state index in [4.69, 9.17) is 0 Å². The average Bonchev–Trinajstić information content (AvgIpc) is 2.01. The van der Waals surface area contributed by atoms with Gasteiger partial charge in [-0.05, 0) is 18.6 Å². The summed E-state index contributed by atoms with van der Waals surface area (Å²) in [6.45, 7) is 3.93. The molecule has 1 aliphatic rings. The van der Waals surface area contributed by atoms with Gasteiger partial charge in [-0.25, -0.2) is 0 Å². The number of fused-ring (bicyclic) bond motifs is 1. The second-order valence-electron chi connectivity index (χ2n) is 2.58. The molecule has 1 heteroatoms. The van der Waals surface area contributed by atoms with E-state index in [1.807, 2.05) is 13.5 Å². The van der Waals surface area contributed by atoms with Gasteiger partial charge in [0.25, 0.3) is 0 Å². The van der Waals surface area contributed by atoms with Crippen LogP contribution in [0.3, 0.4) is 0 Å². The van der Waals surface area contributed by atoms with Gasteiger partial charge in [0, 0.05) is 17.8 Å². The minimum absolute atomic E-state index is 1.23. The van der Waals surface area contributed by atoms with Crippen molar-refractivity contribution in [3.05, 3.63) is 41.9 Å². The summed E-state index contributed by atoms with van der Waals surface area (Å²) in [6.07, 6.45) is 2.15. The van der Waals surface area contributed by atoms with Crippen LogP contribution in [-0.4, -0.2) is 0 Å². The van der Waals surface area contributed by atoms with Crippen molar-refractivity contribution in [3.8, 4) is 0 Å². The first-order chi connectivity index (χ1) is 5.42. The van der Waals surface area contributed by atoms with Gasteiger partial charge >= 0.3 is 0 Å². The molecule has 1 N–H and O–H groups in total. The smallest absolute Gasteiger partial charge is 0.0432 e. The molecule has 0 unspecified atom stereocenters. The summed E-state index contributed by atoms with van der Waals surface area (Å²) < 4.78 is 0. The minimum Gasteiger partial charge on any atom is -0.380 e. The van der Waals surface area contributed by atoms with Crippen molar-refractivity contribution in [3.63, 3.8) is 0 Å². The predicted octanol–water partition coefficient (Wildman–Crippen LogP) is 2.27. The van der Waals surface area contributed by atoms with Crippen LogP contribution >= 0.6 is 0 Å². The molecule has 0 spiro atoms. The topological polar surface area (TPSA) is 12.0 Å². The summed E-state index contributed by atoms with van der Waals surface area (Å²) >= 11 is 0. The first-order valence-corrected chi connectivity index (χ1v) is 3.77. The lowest BCUT2D eigenvalue weighted by molar-refractivity contribution is 1.07. The number of benzene rings is 1. The summed E-state index contributed by atoms with van der Waals surface area (Å²) in [5.74, 6) is 0. The molecule has 1 aliphatic carbocycles. The number of hydrogen-bond donors (Lipinski definition) is 1. The Balaban J connectivity index is 2.24. The Morgan fingerprint density at radius 2 is 2.09 bits per heavy atom. The van der Waals surface area contributed by atoms with Crippen LogP contribution in [-0.2, 0) is 0 Å². The predicted molar refractivity (Wildman–Crippen MR) is 47.4 cm³/mol. The number of nitrogens with one attached hydrogen (secondary N) is 1. The third-order valence-corrected chi connectivity index (χ3v) is 1.85. The molecule has 0 amide bonds. The number of rotatable bonds is 2. The van der Waals surface area contributed by atoms with Crippen molar-refractivity contribution < 1.29 is 0 Å². The normalized spacial score (nSPS) is 13.0. The van der Waals surface area contributed by atoms with E-state index < -0.39 is 0 Å². The molecule has 0 saturated carbocycles. The molecule has 0 aliphatic heterocycles. The molecule has 0 saturated heterocycles. The maximum atomic E-state index is 3.17. The lowest BCUT2D eigenvalue weighted by Crippen LogP contribution is -2.12. The molecular formula is C10H10N. The van der Waals surface area contributed by atoms with Crippen molar-refractivity contribution in [2.24, 2.45) is 0 Å². The molecule has 55 valence electrons. The van der Waals surface area contributed by atoms with Gasteiger partial charge in [0.1, 0.15) is 0 Å². The Hall–Kier alpha value is -1.24. The van der Waals surface area contributed by atoms with Crippen LogP contribution in [0, 0.1) is 6.54 Å². The molecule has 0 bridgehead atoms.